The summed E-state index contributed by atoms with van der Waals surface area (Å²) in [6.45, 7) is 0. The number of fused-ring (bicyclic) bond motifs is 26. The van der Waals surface area contributed by atoms with Crippen LogP contribution in [0.4, 0.5) is 0 Å². The Bertz CT molecular complexity index is 7280. The topological polar surface area (TPSA) is 64.1 Å². The third-order valence-corrected chi connectivity index (χ3v) is 20.7. The second kappa shape index (κ2) is 20.1. The van der Waals surface area contributed by atoms with Crippen LogP contribution in [-0.4, -0.2) is 22.8 Å². The standard InChI is InChI=1S/C48H29N3O.C42H24N2O2/c1-6-19-40-33(14-1)34-15-2-7-20-41(34)49(40)30-12-11-13-31(28-30)50-43-22-9-4-18-38(43)47-44(50)26-25-37-35-16-3-8-21-42(35)51(48(37)47)32-24-27-46-39(29-32)36-17-5-10-23-45(36)52-46;1-5-13-34-27(9-1)30-19-20-36-41(42(30)44(34)26-18-22-40-33(24-26)29-11-4-8-16-38(29)46-40)31-12-2-6-14-35(31)43(36)25-17-21-39-32(23-25)28-10-3-7-15-37(28)45-39/h1-29H;1-24H. The van der Waals surface area contributed by atoms with Crippen molar-refractivity contribution in [2.24, 2.45) is 0 Å². The average molecular weight is 1250 g/mol. The number of para-hydroxylation sites is 9. The van der Waals surface area contributed by atoms with E-state index in [1.54, 1.807) is 0 Å². The number of hydrogen-bond donors (Lipinski definition) is 0. The summed E-state index contributed by atoms with van der Waals surface area (Å²) < 4.78 is 30.8. The SMILES string of the molecule is c1cc(-n2c3ccccc3c3ccccc32)cc(-n2c3ccccc3c3c2ccc2c4ccccc4n(-c4ccc5oc6ccccc6c5c4)c23)c1.c1ccc2c(c1)oc1ccc(-n3c4ccccc4c4c3ccc3c5ccccc5n(-c5ccc6oc7ccccc7c6c5)c34)cc12. The fourth-order valence-corrected chi connectivity index (χ4v) is 16.6. The highest BCUT2D eigenvalue weighted by Crippen LogP contribution is 2.47. The van der Waals surface area contributed by atoms with Crippen LogP contribution >= 0.6 is 0 Å². The normalized spacial score (nSPS) is 12.3. The molecule has 98 heavy (non-hydrogen) atoms. The van der Waals surface area contributed by atoms with Crippen molar-refractivity contribution in [3.05, 3.63) is 322 Å². The van der Waals surface area contributed by atoms with E-state index in [0.717, 1.165) is 94.3 Å². The first-order valence-corrected chi connectivity index (χ1v) is 33.4. The lowest BCUT2D eigenvalue weighted by Crippen LogP contribution is -1.98. The van der Waals surface area contributed by atoms with Crippen molar-refractivity contribution >= 4 is 175 Å². The summed E-state index contributed by atoms with van der Waals surface area (Å²) in [6.07, 6.45) is 0. The third-order valence-electron chi connectivity index (χ3n) is 20.7. The van der Waals surface area contributed by atoms with Crippen molar-refractivity contribution in [3.8, 4) is 28.4 Å². The molecule has 0 saturated heterocycles. The molecule has 0 spiro atoms. The molecule has 15 aromatic carbocycles. The fraction of sp³-hybridized carbons (Fsp3) is 0. The highest BCUT2D eigenvalue weighted by Gasteiger charge is 2.25. The molecule has 0 radical (unpaired) electrons. The zero-order valence-electron chi connectivity index (χ0n) is 52.6. The van der Waals surface area contributed by atoms with Crippen LogP contribution in [-0.2, 0) is 0 Å². The van der Waals surface area contributed by atoms with E-state index in [2.05, 4.69) is 308 Å². The zero-order valence-corrected chi connectivity index (χ0v) is 52.6. The quantitative estimate of drug-likeness (QED) is 0.172. The van der Waals surface area contributed by atoms with Gasteiger partial charge in [-0.1, -0.05) is 182 Å². The molecule has 8 nitrogen and oxygen atoms in total. The lowest BCUT2D eigenvalue weighted by molar-refractivity contribution is 0.668. The molecule has 8 heterocycles. The number of aromatic nitrogens is 5. The number of nitrogens with zero attached hydrogens (tertiary/aromatic N) is 5. The monoisotopic (exact) mass is 1250 g/mol. The van der Waals surface area contributed by atoms with Gasteiger partial charge in [-0.3, -0.25) is 0 Å². The molecule has 0 aliphatic carbocycles. The largest absolute Gasteiger partial charge is 0.456 e. The maximum atomic E-state index is 6.25. The van der Waals surface area contributed by atoms with E-state index >= 15 is 0 Å². The minimum absolute atomic E-state index is 0.898. The number of hydrogen-bond acceptors (Lipinski definition) is 3. The van der Waals surface area contributed by atoms with Crippen LogP contribution in [0.3, 0.4) is 0 Å². The van der Waals surface area contributed by atoms with Gasteiger partial charge in [-0.05, 0) is 140 Å². The molecule has 23 rings (SSSR count). The van der Waals surface area contributed by atoms with E-state index in [4.69, 9.17) is 13.3 Å². The minimum Gasteiger partial charge on any atom is -0.456 e. The van der Waals surface area contributed by atoms with E-state index in [9.17, 15) is 0 Å². The van der Waals surface area contributed by atoms with Crippen LogP contribution in [0.15, 0.2) is 335 Å². The lowest BCUT2D eigenvalue weighted by atomic mass is 10.1. The molecule has 0 amide bonds. The molecule has 23 aromatic rings. The molecule has 8 heteroatoms. The van der Waals surface area contributed by atoms with Crippen LogP contribution in [0.2, 0.25) is 0 Å². The van der Waals surface area contributed by atoms with Crippen molar-refractivity contribution in [2.75, 3.05) is 0 Å². The first kappa shape index (κ1) is 53.1. The molecule has 0 fully saturated rings. The van der Waals surface area contributed by atoms with Gasteiger partial charge >= 0.3 is 0 Å². The molecule has 0 N–H and O–H groups in total. The van der Waals surface area contributed by atoms with Crippen molar-refractivity contribution in [1.29, 1.82) is 0 Å². The average Bonchev–Trinajstić information content (AvgIpc) is 1.55. The summed E-state index contributed by atoms with van der Waals surface area (Å²) in [5.41, 5.74) is 22.9. The molecule has 0 aliphatic rings. The Kier molecular flexibility index (Phi) is 10.9. The van der Waals surface area contributed by atoms with Gasteiger partial charge in [0.25, 0.3) is 0 Å². The maximum absolute atomic E-state index is 6.25. The van der Waals surface area contributed by atoms with E-state index < -0.39 is 0 Å². The summed E-state index contributed by atoms with van der Waals surface area (Å²) in [4.78, 5) is 0. The molecular formula is C90H53N5O3. The van der Waals surface area contributed by atoms with E-state index in [1.165, 1.54) is 109 Å². The van der Waals surface area contributed by atoms with Crippen LogP contribution in [0.5, 0.6) is 0 Å². The van der Waals surface area contributed by atoms with Gasteiger partial charge in [-0.25, -0.2) is 0 Å². The number of furan rings is 3. The molecule has 0 aliphatic heterocycles. The van der Waals surface area contributed by atoms with Crippen LogP contribution in [0.1, 0.15) is 0 Å². The van der Waals surface area contributed by atoms with Crippen molar-refractivity contribution < 1.29 is 13.3 Å². The molecule has 0 bridgehead atoms. The van der Waals surface area contributed by atoms with E-state index in [-0.39, 0.29) is 0 Å². The fourth-order valence-electron chi connectivity index (χ4n) is 16.6. The second-order valence-corrected chi connectivity index (χ2v) is 25.8. The van der Waals surface area contributed by atoms with Gasteiger partial charge in [0.2, 0.25) is 0 Å². The Morgan fingerprint density at radius 2 is 0.418 bits per heavy atom. The summed E-state index contributed by atoms with van der Waals surface area (Å²) >= 11 is 0. The second-order valence-electron chi connectivity index (χ2n) is 25.8. The highest BCUT2D eigenvalue weighted by molar-refractivity contribution is 6.28. The molecule has 0 saturated carbocycles. The minimum atomic E-state index is 0.898. The van der Waals surface area contributed by atoms with Gasteiger partial charge < -0.3 is 36.1 Å². The van der Waals surface area contributed by atoms with Gasteiger partial charge in [0, 0.05) is 115 Å². The van der Waals surface area contributed by atoms with Crippen molar-refractivity contribution in [3.63, 3.8) is 0 Å². The predicted molar refractivity (Wildman–Crippen MR) is 406 cm³/mol. The van der Waals surface area contributed by atoms with Crippen LogP contribution in [0.25, 0.3) is 203 Å². The smallest absolute Gasteiger partial charge is 0.135 e. The summed E-state index contributed by atoms with van der Waals surface area (Å²) in [7, 11) is 0. The van der Waals surface area contributed by atoms with Gasteiger partial charge in [-0.15, -0.1) is 0 Å². The van der Waals surface area contributed by atoms with E-state index in [1.807, 2.05) is 36.4 Å². The van der Waals surface area contributed by atoms with Gasteiger partial charge in [0.05, 0.1) is 55.2 Å². The number of benzene rings is 15. The van der Waals surface area contributed by atoms with E-state index in [0.29, 0.717) is 0 Å². The molecular weight excluding hydrogens is 1200 g/mol. The Labute approximate surface area is 557 Å². The first-order valence-electron chi connectivity index (χ1n) is 33.4. The van der Waals surface area contributed by atoms with Crippen LogP contribution < -0.4 is 0 Å². The predicted octanol–water partition coefficient (Wildman–Crippen LogP) is 24.6. The summed E-state index contributed by atoms with van der Waals surface area (Å²) in [5.74, 6) is 0. The Hall–Kier alpha value is -13.3. The lowest BCUT2D eigenvalue weighted by Gasteiger charge is -2.13. The van der Waals surface area contributed by atoms with Gasteiger partial charge in [0.15, 0.2) is 0 Å². The molecule has 0 unspecified atom stereocenters. The highest BCUT2D eigenvalue weighted by atomic mass is 16.3. The number of rotatable bonds is 5. The van der Waals surface area contributed by atoms with Gasteiger partial charge in [-0.2, -0.15) is 0 Å². The third kappa shape index (κ3) is 7.42. The zero-order chi connectivity index (χ0) is 63.8. The van der Waals surface area contributed by atoms with Crippen molar-refractivity contribution in [2.45, 2.75) is 0 Å². The Morgan fingerprint density at radius 3 is 0.796 bits per heavy atom. The Morgan fingerprint density at radius 1 is 0.153 bits per heavy atom. The van der Waals surface area contributed by atoms with Gasteiger partial charge in [0.1, 0.15) is 33.5 Å². The maximum Gasteiger partial charge on any atom is 0.135 e. The van der Waals surface area contributed by atoms with Crippen molar-refractivity contribution in [1.82, 2.24) is 22.8 Å². The molecule has 456 valence electrons. The Balaban J connectivity index is 0.000000127. The molecule has 8 aromatic heterocycles. The summed E-state index contributed by atoms with van der Waals surface area (Å²) in [5, 5.41) is 19.1. The summed E-state index contributed by atoms with van der Waals surface area (Å²) in [6, 6.07) is 115. The van der Waals surface area contributed by atoms with Crippen LogP contribution in [0, 0.1) is 0 Å². The first-order chi connectivity index (χ1) is 48.6. The molecule has 0 atom stereocenters.